The van der Waals surface area contributed by atoms with Crippen molar-refractivity contribution >= 4 is 17.2 Å². The summed E-state index contributed by atoms with van der Waals surface area (Å²) in [6.45, 7) is 3.78. The SMILES string of the molecule is O=C(NCc1ccco1)[C@@H]1CO[C@H]2CN(Cc3cccs3)C[C@H]21. The Morgan fingerprint density at radius 1 is 1.35 bits per heavy atom. The van der Waals surface area contributed by atoms with Gasteiger partial charge in [-0.1, -0.05) is 6.07 Å². The van der Waals surface area contributed by atoms with Crippen molar-refractivity contribution in [1.82, 2.24) is 10.2 Å². The van der Waals surface area contributed by atoms with E-state index in [1.54, 1.807) is 17.6 Å². The van der Waals surface area contributed by atoms with Crippen molar-refractivity contribution in [1.29, 1.82) is 0 Å². The molecule has 122 valence electrons. The summed E-state index contributed by atoms with van der Waals surface area (Å²) in [7, 11) is 0. The molecule has 2 aliphatic heterocycles. The molecule has 2 saturated heterocycles. The summed E-state index contributed by atoms with van der Waals surface area (Å²) in [4.78, 5) is 16.2. The molecule has 6 heteroatoms. The Kier molecular flexibility index (Phi) is 4.20. The Morgan fingerprint density at radius 2 is 2.30 bits per heavy atom. The van der Waals surface area contributed by atoms with E-state index < -0.39 is 0 Å². The maximum absolute atomic E-state index is 12.5. The predicted molar refractivity (Wildman–Crippen MR) is 86.9 cm³/mol. The molecule has 2 aromatic rings. The number of hydrogen-bond acceptors (Lipinski definition) is 5. The van der Waals surface area contributed by atoms with Crippen molar-refractivity contribution in [2.75, 3.05) is 19.7 Å². The van der Waals surface area contributed by atoms with Gasteiger partial charge in [0.05, 0.1) is 31.4 Å². The number of thiophene rings is 1. The Labute approximate surface area is 139 Å². The molecule has 0 saturated carbocycles. The van der Waals surface area contributed by atoms with E-state index in [-0.39, 0.29) is 17.9 Å². The first kappa shape index (κ1) is 14.9. The topological polar surface area (TPSA) is 54.7 Å². The Bertz CT molecular complexity index is 641. The number of nitrogens with zero attached hydrogens (tertiary/aromatic N) is 1. The second kappa shape index (κ2) is 6.47. The number of fused-ring (bicyclic) bond motifs is 1. The number of carbonyl (C=O) groups excluding carboxylic acids is 1. The number of hydrogen-bond donors (Lipinski definition) is 1. The van der Waals surface area contributed by atoms with Gasteiger partial charge in [0.25, 0.3) is 0 Å². The minimum atomic E-state index is -0.0525. The van der Waals surface area contributed by atoms with E-state index in [1.807, 2.05) is 12.1 Å². The zero-order chi connectivity index (χ0) is 15.6. The van der Waals surface area contributed by atoms with Crippen molar-refractivity contribution in [3.63, 3.8) is 0 Å². The van der Waals surface area contributed by atoms with Gasteiger partial charge in [-0.2, -0.15) is 0 Å². The zero-order valence-corrected chi connectivity index (χ0v) is 13.6. The Hall–Kier alpha value is -1.63. The second-order valence-corrected chi connectivity index (χ2v) is 7.24. The van der Waals surface area contributed by atoms with Crippen LogP contribution in [0.2, 0.25) is 0 Å². The van der Waals surface area contributed by atoms with Crippen LogP contribution in [0.5, 0.6) is 0 Å². The summed E-state index contributed by atoms with van der Waals surface area (Å²) in [5.41, 5.74) is 0. The average molecular weight is 332 g/mol. The number of furan rings is 1. The third kappa shape index (κ3) is 3.20. The Balaban J connectivity index is 1.33. The first-order valence-electron chi connectivity index (χ1n) is 7.96. The molecule has 23 heavy (non-hydrogen) atoms. The van der Waals surface area contributed by atoms with E-state index in [4.69, 9.17) is 9.15 Å². The lowest BCUT2D eigenvalue weighted by Crippen LogP contribution is -2.36. The van der Waals surface area contributed by atoms with Crippen LogP contribution in [0, 0.1) is 11.8 Å². The average Bonchev–Trinajstić information content (AvgIpc) is 3.30. The van der Waals surface area contributed by atoms with E-state index in [1.165, 1.54) is 4.88 Å². The lowest BCUT2D eigenvalue weighted by Gasteiger charge is -2.18. The number of likely N-dealkylation sites (tertiary alicyclic amines) is 1. The van der Waals surface area contributed by atoms with Crippen molar-refractivity contribution in [2.45, 2.75) is 19.2 Å². The number of nitrogens with one attached hydrogen (secondary N) is 1. The van der Waals surface area contributed by atoms with Crippen LogP contribution in [0.25, 0.3) is 0 Å². The third-order valence-electron chi connectivity index (χ3n) is 4.70. The van der Waals surface area contributed by atoms with Crippen LogP contribution in [-0.2, 0) is 22.6 Å². The molecule has 0 aliphatic carbocycles. The molecule has 2 fully saturated rings. The quantitative estimate of drug-likeness (QED) is 0.911. The lowest BCUT2D eigenvalue weighted by molar-refractivity contribution is -0.126. The summed E-state index contributed by atoms with van der Waals surface area (Å²) < 4.78 is 11.1. The molecular formula is C17H20N2O3S. The normalized spacial score (nSPS) is 27.2. The molecule has 2 aliphatic rings. The largest absolute Gasteiger partial charge is 0.467 e. The van der Waals surface area contributed by atoms with Crippen LogP contribution in [0.4, 0.5) is 0 Å². The molecule has 5 nitrogen and oxygen atoms in total. The highest BCUT2D eigenvalue weighted by atomic mass is 32.1. The molecule has 0 unspecified atom stereocenters. The fourth-order valence-electron chi connectivity index (χ4n) is 3.53. The minimum absolute atomic E-state index is 0.0525. The van der Waals surface area contributed by atoms with E-state index in [2.05, 4.69) is 27.7 Å². The summed E-state index contributed by atoms with van der Waals surface area (Å²) >= 11 is 1.78. The van der Waals surface area contributed by atoms with E-state index in [9.17, 15) is 4.79 Å². The summed E-state index contributed by atoms with van der Waals surface area (Å²) in [6.07, 6.45) is 1.81. The van der Waals surface area contributed by atoms with Gasteiger partial charge in [0.15, 0.2) is 0 Å². The van der Waals surface area contributed by atoms with Crippen LogP contribution < -0.4 is 5.32 Å². The molecule has 4 heterocycles. The summed E-state index contributed by atoms with van der Waals surface area (Å²) in [5.74, 6) is 1.10. The molecule has 4 rings (SSSR count). The maximum Gasteiger partial charge on any atom is 0.226 e. The predicted octanol–water partition coefficient (Wildman–Crippen LogP) is 2.10. The highest BCUT2D eigenvalue weighted by Gasteiger charge is 2.46. The van der Waals surface area contributed by atoms with Gasteiger partial charge in [0.2, 0.25) is 5.91 Å². The van der Waals surface area contributed by atoms with E-state index >= 15 is 0 Å². The van der Waals surface area contributed by atoms with Gasteiger partial charge in [0, 0.05) is 30.4 Å². The van der Waals surface area contributed by atoms with Crippen molar-refractivity contribution in [3.8, 4) is 0 Å². The number of rotatable bonds is 5. The first-order valence-corrected chi connectivity index (χ1v) is 8.84. The van der Waals surface area contributed by atoms with Gasteiger partial charge in [0.1, 0.15) is 5.76 Å². The zero-order valence-electron chi connectivity index (χ0n) is 12.8. The fourth-order valence-corrected chi connectivity index (χ4v) is 4.28. The summed E-state index contributed by atoms with van der Waals surface area (Å²) in [6, 6.07) is 7.94. The highest BCUT2D eigenvalue weighted by Crippen LogP contribution is 2.34. The molecule has 0 radical (unpaired) electrons. The van der Waals surface area contributed by atoms with Gasteiger partial charge in [-0.05, 0) is 23.6 Å². The molecule has 2 aromatic heterocycles. The van der Waals surface area contributed by atoms with Crippen LogP contribution in [0.15, 0.2) is 40.3 Å². The number of ether oxygens (including phenoxy) is 1. The molecular weight excluding hydrogens is 312 g/mol. The third-order valence-corrected chi connectivity index (χ3v) is 5.57. The molecule has 0 bridgehead atoms. The Morgan fingerprint density at radius 3 is 3.09 bits per heavy atom. The van der Waals surface area contributed by atoms with Crippen LogP contribution in [0.1, 0.15) is 10.6 Å². The van der Waals surface area contributed by atoms with Crippen molar-refractivity contribution < 1.29 is 13.9 Å². The van der Waals surface area contributed by atoms with Crippen molar-refractivity contribution in [2.24, 2.45) is 11.8 Å². The summed E-state index contributed by atoms with van der Waals surface area (Å²) in [5, 5.41) is 5.08. The lowest BCUT2D eigenvalue weighted by atomic mass is 9.92. The van der Waals surface area contributed by atoms with Gasteiger partial charge >= 0.3 is 0 Å². The minimum Gasteiger partial charge on any atom is -0.467 e. The van der Waals surface area contributed by atoms with Crippen LogP contribution in [0.3, 0.4) is 0 Å². The molecule has 0 spiro atoms. The van der Waals surface area contributed by atoms with Crippen LogP contribution >= 0.6 is 11.3 Å². The van der Waals surface area contributed by atoms with Gasteiger partial charge < -0.3 is 14.5 Å². The fraction of sp³-hybridized carbons (Fsp3) is 0.471. The van der Waals surface area contributed by atoms with Gasteiger partial charge in [-0.3, -0.25) is 9.69 Å². The van der Waals surface area contributed by atoms with E-state index in [0.717, 1.165) is 25.4 Å². The van der Waals surface area contributed by atoms with Crippen LogP contribution in [-0.4, -0.2) is 36.6 Å². The van der Waals surface area contributed by atoms with Gasteiger partial charge in [-0.25, -0.2) is 0 Å². The molecule has 0 aromatic carbocycles. The first-order chi connectivity index (χ1) is 11.3. The molecule has 3 atom stereocenters. The second-order valence-electron chi connectivity index (χ2n) is 6.21. The van der Waals surface area contributed by atoms with Gasteiger partial charge in [-0.15, -0.1) is 11.3 Å². The molecule has 1 amide bonds. The monoisotopic (exact) mass is 332 g/mol. The number of amides is 1. The smallest absolute Gasteiger partial charge is 0.226 e. The standard InChI is InChI=1S/C17H20N2O3S/c20-17(18-7-12-3-1-5-21-12)15-11-22-16-10-19(9-14(15)16)8-13-4-2-6-23-13/h1-6,14-16H,7-11H2,(H,18,20)/t14-,15+,16-/m0/s1. The van der Waals surface area contributed by atoms with Crippen molar-refractivity contribution in [3.05, 3.63) is 46.5 Å². The molecule has 1 N–H and O–H groups in total. The maximum atomic E-state index is 12.5. The van der Waals surface area contributed by atoms with E-state index in [0.29, 0.717) is 19.1 Å². The number of carbonyl (C=O) groups is 1. The highest BCUT2D eigenvalue weighted by molar-refractivity contribution is 7.09.